The summed E-state index contributed by atoms with van der Waals surface area (Å²) in [6, 6.07) is -3.71. The van der Waals surface area contributed by atoms with Gasteiger partial charge in [0, 0.05) is 36.6 Å². The smallest absolute Gasteiger partial charge is 0.243 e. The highest BCUT2D eigenvalue weighted by Crippen LogP contribution is 2.11. The van der Waals surface area contributed by atoms with E-state index in [2.05, 4.69) is 51.8 Å². The second-order valence-electron chi connectivity index (χ2n) is 14.8. The summed E-state index contributed by atoms with van der Waals surface area (Å²) in [5, 5.41) is 17.1. The van der Waals surface area contributed by atoms with Crippen molar-refractivity contribution in [2.24, 2.45) is 23.7 Å². The Kier molecular flexibility index (Phi) is 20.5. The quantitative estimate of drug-likeness (QED) is 0.0911. The lowest BCUT2D eigenvalue weighted by Crippen LogP contribution is -2.58. The molecule has 4 amide bonds. The molecular weight excluding hydrogens is 680 g/mol. The minimum absolute atomic E-state index is 0.0138. The van der Waals surface area contributed by atoms with Crippen LogP contribution in [-0.4, -0.2) is 105 Å². The van der Waals surface area contributed by atoms with Gasteiger partial charge in [-0.05, 0) is 58.0 Å². The van der Waals surface area contributed by atoms with Crippen molar-refractivity contribution in [1.82, 2.24) is 51.8 Å². The number of nitrogens with one attached hydrogen (secondary N) is 8. The van der Waals surface area contributed by atoms with E-state index >= 15 is 0 Å². The van der Waals surface area contributed by atoms with E-state index in [4.69, 9.17) is 0 Å². The van der Waals surface area contributed by atoms with Crippen molar-refractivity contribution in [3.8, 4) is 0 Å². The molecule has 16 nitrogen and oxygen atoms in total. The lowest BCUT2D eigenvalue weighted by atomic mass is 9.98. The Labute approximate surface area is 314 Å². The average molecular weight is 745 g/mol. The summed E-state index contributed by atoms with van der Waals surface area (Å²) in [4.78, 5) is 88.7. The molecule has 0 radical (unpaired) electrons. The highest BCUT2D eigenvalue weighted by atomic mass is 16.2. The van der Waals surface area contributed by atoms with Crippen molar-refractivity contribution in [3.63, 3.8) is 0 Å². The lowest BCUT2D eigenvalue weighted by molar-refractivity contribution is -0.134. The average Bonchev–Trinajstić information content (AvgIpc) is 3.77. The Bertz CT molecular complexity index is 1430. The van der Waals surface area contributed by atoms with E-state index in [1.54, 1.807) is 32.8 Å². The largest absolute Gasteiger partial charge is 0.348 e. The Morgan fingerprint density at radius 2 is 0.943 bits per heavy atom. The van der Waals surface area contributed by atoms with E-state index in [1.807, 2.05) is 55.4 Å². The molecule has 0 aromatic carbocycles. The van der Waals surface area contributed by atoms with E-state index in [0.29, 0.717) is 18.5 Å². The summed E-state index contributed by atoms with van der Waals surface area (Å²) in [5.74, 6) is -1.37. The third-order valence-electron chi connectivity index (χ3n) is 8.66. The Balaban J connectivity index is 0.000000622. The number of hydrogen-bond donors (Lipinski definition) is 8. The van der Waals surface area contributed by atoms with E-state index in [1.165, 1.54) is 20.2 Å². The van der Waals surface area contributed by atoms with Crippen LogP contribution in [0.25, 0.3) is 0 Å². The number of carbonyl (C=O) groups excluding carboxylic acids is 6. The maximum absolute atomic E-state index is 13.3. The molecule has 2 rings (SSSR count). The molecule has 0 aliphatic heterocycles. The topological polar surface area (TPSA) is 232 Å². The van der Waals surface area contributed by atoms with Gasteiger partial charge in [-0.15, -0.1) is 0 Å². The monoisotopic (exact) mass is 745 g/mol. The number of amides is 4. The lowest BCUT2D eigenvalue weighted by Gasteiger charge is -2.28. The second kappa shape index (κ2) is 23.3. The summed E-state index contributed by atoms with van der Waals surface area (Å²) in [6.07, 6.45) is 7.29. The van der Waals surface area contributed by atoms with Crippen molar-refractivity contribution in [2.45, 2.75) is 125 Å². The predicted molar refractivity (Wildman–Crippen MR) is 203 cm³/mol. The summed E-state index contributed by atoms with van der Waals surface area (Å²) >= 11 is 0. The predicted octanol–water partition coefficient (Wildman–Crippen LogP) is 1.21. The number of rotatable bonds is 21. The molecule has 0 aliphatic carbocycles. The van der Waals surface area contributed by atoms with Gasteiger partial charge in [0.15, 0.2) is 11.6 Å². The van der Waals surface area contributed by atoms with Gasteiger partial charge in [-0.1, -0.05) is 55.4 Å². The van der Waals surface area contributed by atoms with E-state index < -0.39 is 42.0 Å². The number of likely N-dealkylation sites (N-methyl/N-ethyl adjacent to an activating group) is 2. The van der Waals surface area contributed by atoms with Crippen LogP contribution < -0.4 is 31.9 Å². The maximum Gasteiger partial charge on any atom is 0.243 e. The van der Waals surface area contributed by atoms with Gasteiger partial charge in [0.1, 0.15) is 12.1 Å². The van der Waals surface area contributed by atoms with Gasteiger partial charge in [0.25, 0.3) is 0 Å². The third-order valence-corrected chi connectivity index (χ3v) is 8.66. The minimum Gasteiger partial charge on any atom is -0.348 e. The third kappa shape index (κ3) is 16.4. The van der Waals surface area contributed by atoms with E-state index in [-0.39, 0.29) is 59.5 Å². The van der Waals surface area contributed by atoms with Crippen LogP contribution in [0.2, 0.25) is 0 Å². The molecule has 6 atom stereocenters. The number of ketones is 2. The molecule has 53 heavy (non-hydrogen) atoms. The van der Waals surface area contributed by atoms with Gasteiger partial charge in [0.05, 0.1) is 36.8 Å². The molecule has 2 aromatic rings. The molecule has 6 unspecified atom stereocenters. The summed E-state index contributed by atoms with van der Waals surface area (Å²) in [5.41, 5.74) is 1.50. The molecule has 0 fully saturated rings. The Morgan fingerprint density at radius 3 is 1.28 bits per heavy atom. The van der Waals surface area contributed by atoms with Gasteiger partial charge < -0.3 is 41.9 Å². The van der Waals surface area contributed by atoms with Crippen LogP contribution >= 0.6 is 0 Å². The first-order valence-corrected chi connectivity index (χ1v) is 18.3. The van der Waals surface area contributed by atoms with Crippen molar-refractivity contribution < 1.29 is 28.8 Å². The van der Waals surface area contributed by atoms with Crippen LogP contribution in [0.1, 0.15) is 87.0 Å². The minimum atomic E-state index is -0.918. The fourth-order valence-corrected chi connectivity index (χ4v) is 5.76. The number of imidazole rings is 2. The first kappa shape index (κ1) is 46.6. The zero-order chi connectivity index (χ0) is 40.4. The molecule has 0 saturated carbocycles. The van der Waals surface area contributed by atoms with Crippen molar-refractivity contribution >= 4 is 35.2 Å². The Morgan fingerprint density at radius 1 is 0.547 bits per heavy atom. The van der Waals surface area contributed by atoms with Crippen molar-refractivity contribution in [3.05, 3.63) is 36.4 Å². The second-order valence-corrected chi connectivity index (χ2v) is 14.8. The molecule has 0 aliphatic rings. The van der Waals surface area contributed by atoms with Gasteiger partial charge in [-0.25, -0.2) is 9.97 Å². The molecule has 2 aromatic heterocycles. The van der Waals surface area contributed by atoms with E-state index in [0.717, 1.165) is 5.69 Å². The molecule has 16 heteroatoms. The summed E-state index contributed by atoms with van der Waals surface area (Å²) < 4.78 is 0. The van der Waals surface area contributed by atoms with Gasteiger partial charge in [-0.3, -0.25) is 28.8 Å². The number of hydrogen-bond acceptors (Lipinski definition) is 10. The zero-order valence-corrected chi connectivity index (χ0v) is 33.5. The molecule has 8 N–H and O–H groups in total. The summed E-state index contributed by atoms with van der Waals surface area (Å²) in [6.45, 7) is 18.2. The number of Topliss-reactive ketones (excluding diaryl/α,β-unsaturated/α-hetero) is 2. The SMILES string of the molecule is CNC(C(=O)NC(Cc1cnc[nH]1)C(=O)NC(CC(C)C)C(=O)NC(C(C)=O)C(C)C)C(C)C.CNC(C(=O)NC(Cc1cnc[nH]1)C(C)=O)C(C)C. The van der Waals surface area contributed by atoms with Crippen LogP contribution in [0.3, 0.4) is 0 Å². The van der Waals surface area contributed by atoms with Crippen molar-refractivity contribution in [1.29, 1.82) is 0 Å². The van der Waals surface area contributed by atoms with Gasteiger partial charge in [0.2, 0.25) is 23.6 Å². The maximum atomic E-state index is 13.3. The van der Waals surface area contributed by atoms with E-state index in [9.17, 15) is 28.8 Å². The van der Waals surface area contributed by atoms with Crippen LogP contribution in [0, 0.1) is 23.7 Å². The van der Waals surface area contributed by atoms with Gasteiger partial charge in [-0.2, -0.15) is 0 Å². The molecule has 0 saturated heterocycles. The zero-order valence-electron chi connectivity index (χ0n) is 33.5. The first-order valence-electron chi connectivity index (χ1n) is 18.3. The molecule has 2 heterocycles. The molecular formula is C37H64N10O6. The van der Waals surface area contributed by atoms with Crippen LogP contribution in [0.15, 0.2) is 25.0 Å². The molecule has 298 valence electrons. The fraction of sp³-hybridized carbons (Fsp3) is 0.676. The fourth-order valence-electron chi connectivity index (χ4n) is 5.76. The standard InChI is InChI=1S/C24H42N6O4.C13H22N4O2/c1-13(2)9-18(23(33)30-20(14(3)4)16(7)31)28-22(32)19(10-17-11-26-12-27-17)29-24(34)21(25-8)15(5)6;1-8(2)12(14-4)13(19)17-11(9(3)18)5-10-6-15-7-16-10/h11-15,18-21,25H,9-10H2,1-8H3,(H,26,27)(H,28,32)(H,29,34)(H,30,33);6-8,11-12,14H,5H2,1-4H3,(H,15,16)(H,17,19). The number of aromatic nitrogens is 4. The normalized spacial score (nSPS) is 14.7. The van der Waals surface area contributed by atoms with Crippen LogP contribution in [0.4, 0.5) is 0 Å². The number of aromatic amines is 2. The number of carbonyl (C=O) groups is 6. The van der Waals surface area contributed by atoms with Gasteiger partial charge >= 0.3 is 0 Å². The molecule has 0 spiro atoms. The highest BCUT2D eigenvalue weighted by molar-refractivity contribution is 5.95. The van der Waals surface area contributed by atoms with Crippen LogP contribution in [0.5, 0.6) is 0 Å². The highest BCUT2D eigenvalue weighted by Gasteiger charge is 2.32. The summed E-state index contributed by atoms with van der Waals surface area (Å²) in [7, 11) is 3.43. The number of H-pyrrole nitrogens is 2. The Hall–Kier alpha value is -4.44. The van der Waals surface area contributed by atoms with Crippen LogP contribution in [-0.2, 0) is 41.6 Å². The first-order chi connectivity index (χ1) is 24.8. The number of nitrogens with zero attached hydrogens (tertiary/aromatic N) is 2. The molecule has 0 bridgehead atoms. The van der Waals surface area contributed by atoms with Crippen molar-refractivity contribution in [2.75, 3.05) is 14.1 Å².